The van der Waals surface area contributed by atoms with Crippen molar-refractivity contribution < 1.29 is 0 Å². The number of nitrogens with one attached hydrogen (secondary N) is 1. The van der Waals surface area contributed by atoms with Crippen LogP contribution >= 0.6 is 15.9 Å². The summed E-state index contributed by atoms with van der Waals surface area (Å²) in [5.74, 6) is 1.87. The van der Waals surface area contributed by atoms with Crippen LogP contribution in [0.5, 0.6) is 0 Å². The molecule has 86 valence electrons. The summed E-state index contributed by atoms with van der Waals surface area (Å²) in [6.45, 7) is 2.60. The predicted molar refractivity (Wildman–Crippen MR) is 66.4 cm³/mol. The van der Waals surface area contributed by atoms with E-state index in [2.05, 4.69) is 33.2 Å². The molecule has 2 saturated heterocycles. The average Bonchev–Trinajstić information content (AvgIpc) is 2.56. The van der Waals surface area contributed by atoms with Gasteiger partial charge in [-0.05, 0) is 51.1 Å². The number of fused-ring (bicyclic) bond motifs is 3. The summed E-state index contributed by atoms with van der Waals surface area (Å²) >= 11 is 3.82. The first-order valence-corrected chi connectivity index (χ1v) is 7.24. The standard InChI is InChI=1S/C12H21BrN2/c1-15-5-4-12-10(7-15)9-6-8(13)2-3-11(9)14-12/h8-12,14H,2-7H2,1H3. The number of hydrogen-bond donors (Lipinski definition) is 1. The van der Waals surface area contributed by atoms with Crippen molar-refractivity contribution in [2.45, 2.75) is 42.6 Å². The molecule has 1 saturated carbocycles. The molecular formula is C12H21BrN2. The van der Waals surface area contributed by atoms with Crippen LogP contribution in [0.15, 0.2) is 0 Å². The zero-order valence-corrected chi connectivity index (χ0v) is 11.0. The van der Waals surface area contributed by atoms with Crippen LogP contribution in [0, 0.1) is 11.8 Å². The van der Waals surface area contributed by atoms with Crippen molar-refractivity contribution in [2.75, 3.05) is 20.1 Å². The van der Waals surface area contributed by atoms with Gasteiger partial charge in [0.2, 0.25) is 0 Å². The van der Waals surface area contributed by atoms with E-state index in [0.29, 0.717) is 0 Å². The van der Waals surface area contributed by atoms with E-state index in [0.717, 1.165) is 28.7 Å². The van der Waals surface area contributed by atoms with Crippen LogP contribution in [-0.2, 0) is 0 Å². The van der Waals surface area contributed by atoms with Gasteiger partial charge in [0.1, 0.15) is 0 Å². The monoisotopic (exact) mass is 272 g/mol. The summed E-state index contributed by atoms with van der Waals surface area (Å²) in [4.78, 5) is 3.30. The first-order chi connectivity index (χ1) is 7.24. The van der Waals surface area contributed by atoms with Gasteiger partial charge in [-0.3, -0.25) is 0 Å². The fourth-order valence-electron chi connectivity index (χ4n) is 3.90. The Labute approximate surface area is 101 Å². The lowest BCUT2D eigenvalue weighted by Crippen LogP contribution is -2.43. The highest BCUT2D eigenvalue weighted by Gasteiger charge is 2.46. The van der Waals surface area contributed by atoms with Gasteiger partial charge in [-0.25, -0.2) is 0 Å². The number of halogens is 1. The Kier molecular flexibility index (Phi) is 2.82. The molecule has 5 atom stereocenters. The van der Waals surface area contributed by atoms with Crippen LogP contribution in [0.2, 0.25) is 0 Å². The zero-order valence-electron chi connectivity index (χ0n) is 9.45. The molecule has 2 heterocycles. The molecule has 3 fully saturated rings. The second kappa shape index (κ2) is 4.01. The number of nitrogens with zero attached hydrogens (tertiary/aromatic N) is 1. The molecule has 1 aliphatic carbocycles. The van der Waals surface area contributed by atoms with Gasteiger partial charge >= 0.3 is 0 Å². The summed E-state index contributed by atoms with van der Waals surface area (Å²) in [6, 6.07) is 1.66. The van der Waals surface area contributed by atoms with Gasteiger partial charge in [0.25, 0.3) is 0 Å². The molecule has 0 aromatic rings. The van der Waals surface area contributed by atoms with E-state index < -0.39 is 0 Å². The predicted octanol–water partition coefficient (Wildman–Crippen LogP) is 1.84. The fraction of sp³-hybridized carbons (Fsp3) is 1.00. The molecule has 2 aliphatic heterocycles. The van der Waals surface area contributed by atoms with E-state index in [-0.39, 0.29) is 0 Å². The van der Waals surface area contributed by atoms with Crippen molar-refractivity contribution in [2.24, 2.45) is 11.8 Å². The minimum Gasteiger partial charge on any atom is -0.311 e. The van der Waals surface area contributed by atoms with Gasteiger partial charge in [0.15, 0.2) is 0 Å². The van der Waals surface area contributed by atoms with E-state index in [9.17, 15) is 0 Å². The molecule has 0 bridgehead atoms. The summed E-state index contributed by atoms with van der Waals surface area (Å²) in [6.07, 6.45) is 5.51. The minimum absolute atomic E-state index is 0.784. The van der Waals surface area contributed by atoms with Crippen LogP contribution in [0.25, 0.3) is 0 Å². The van der Waals surface area contributed by atoms with Gasteiger partial charge in [-0.15, -0.1) is 0 Å². The molecule has 0 radical (unpaired) electrons. The summed E-state index contributed by atoms with van der Waals surface area (Å²) in [5.41, 5.74) is 0. The largest absolute Gasteiger partial charge is 0.311 e. The lowest BCUT2D eigenvalue weighted by atomic mass is 9.76. The van der Waals surface area contributed by atoms with Gasteiger partial charge in [0, 0.05) is 23.5 Å². The first-order valence-electron chi connectivity index (χ1n) is 6.32. The quantitative estimate of drug-likeness (QED) is 0.678. The molecule has 0 spiro atoms. The lowest BCUT2D eigenvalue weighted by Gasteiger charge is -2.36. The molecule has 3 heteroatoms. The van der Waals surface area contributed by atoms with Crippen molar-refractivity contribution in [1.82, 2.24) is 10.2 Å². The van der Waals surface area contributed by atoms with E-state index in [1.165, 1.54) is 38.8 Å². The summed E-state index contributed by atoms with van der Waals surface area (Å²) in [7, 11) is 2.28. The number of likely N-dealkylation sites (tertiary alicyclic amines) is 1. The van der Waals surface area contributed by atoms with Crippen LogP contribution in [-0.4, -0.2) is 41.9 Å². The summed E-state index contributed by atoms with van der Waals surface area (Å²) < 4.78 is 0. The van der Waals surface area contributed by atoms with Crippen LogP contribution in [0.4, 0.5) is 0 Å². The molecule has 2 nitrogen and oxygen atoms in total. The van der Waals surface area contributed by atoms with Crippen molar-refractivity contribution >= 4 is 15.9 Å². The first kappa shape index (κ1) is 10.5. The normalized spacial score (nSPS) is 51.2. The molecule has 5 unspecified atom stereocenters. The second-order valence-electron chi connectivity index (χ2n) is 5.67. The van der Waals surface area contributed by atoms with Crippen molar-refractivity contribution in [3.8, 4) is 0 Å². The van der Waals surface area contributed by atoms with E-state index in [1.807, 2.05) is 0 Å². The minimum atomic E-state index is 0.784. The Morgan fingerprint density at radius 1 is 1.13 bits per heavy atom. The maximum absolute atomic E-state index is 3.89. The van der Waals surface area contributed by atoms with Crippen molar-refractivity contribution in [3.63, 3.8) is 0 Å². The molecule has 15 heavy (non-hydrogen) atoms. The Hall–Kier alpha value is 0.400. The lowest BCUT2D eigenvalue weighted by molar-refractivity contribution is 0.157. The Balaban J connectivity index is 1.75. The number of hydrogen-bond acceptors (Lipinski definition) is 2. The third kappa shape index (κ3) is 1.87. The fourth-order valence-corrected chi connectivity index (χ4v) is 4.60. The van der Waals surface area contributed by atoms with E-state index in [4.69, 9.17) is 0 Å². The highest BCUT2D eigenvalue weighted by molar-refractivity contribution is 9.09. The number of alkyl halides is 1. The Bertz CT molecular complexity index is 222. The third-order valence-corrected chi connectivity index (χ3v) is 5.51. The van der Waals surface area contributed by atoms with Gasteiger partial charge < -0.3 is 10.2 Å². The van der Waals surface area contributed by atoms with Crippen molar-refractivity contribution in [3.05, 3.63) is 0 Å². The SMILES string of the molecule is CN1CCC2NC3CCC(Br)CC3C2C1. The van der Waals surface area contributed by atoms with Gasteiger partial charge in [-0.2, -0.15) is 0 Å². The number of rotatable bonds is 0. The highest BCUT2D eigenvalue weighted by atomic mass is 79.9. The van der Waals surface area contributed by atoms with E-state index in [1.54, 1.807) is 0 Å². The molecule has 0 amide bonds. The zero-order chi connectivity index (χ0) is 10.4. The molecule has 1 N–H and O–H groups in total. The smallest absolute Gasteiger partial charge is 0.0149 e. The summed E-state index contributed by atoms with van der Waals surface area (Å²) in [5, 5.41) is 3.89. The van der Waals surface area contributed by atoms with Crippen LogP contribution < -0.4 is 5.32 Å². The maximum atomic E-state index is 3.89. The number of piperidine rings is 1. The molecular weight excluding hydrogens is 252 g/mol. The van der Waals surface area contributed by atoms with Crippen LogP contribution in [0.1, 0.15) is 25.7 Å². The van der Waals surface area contributed by atoms with E-state index >= 15 is 0 Å². The maximum Gasteiger partial charge on any atom is 0.0149 e. The molecule has 0 aromatic carbocycles. The van der Waals surface area contributed by atoms with Crippen LogP contribution in [0.3, 0.4) is 0 Å². The Morgan fingerprint density at radius 3 is 2.80 bits per heavy atom. The van der Waals surface area contributed by atoms with Gasteiger partial charge in [-0.1, -0.05) is 15.9 Å². The molecule has 3 rings (SSSR count). The Morgan fingerprint density at radius 2 is 1.93 bits per heavy atom. The van der Waals surface area contributed by atoms with Crippen molar-refractivity contribution in [1.29, 1.82) is 0 Å². The van der Waals surface area contributed by atoms with Gasteiger partial charge in [0.05, 0.1) is 0 Å². The average molecular weight is 273 g/mol. The highest BCUT2D eigenvalue weighted by Crippen LogP contribution is 2.42. The topological polar surface area (TPSA) is 15.3 Å². The molecule has 3 aliphatic rings. The second-order valence-corrected chi connectivity index (χ2v) is 6.96. The molecule has 0 aromatic heterocycles. The third-order valence-electron chi connectivity index (χ3n) is 4.67.